The molecular formula is C19H30O3. The van der Waals surface area contributed by atoms with Crippen LogP contribution < -0.4 is 0 Å². The van der Waals surface area contributed by atoms with Crippen LogP contribution in [0.15, 0.2) is 11.6 Å². The van der Waals surface area contributed by atoms with Gasteiger partial charge in [0.2, 0.25) is 0 Å². The topological polar surface area (TPSA) is 60.7 Å². The Hall–Kier alpha value is -0.380. The lowest BCUT2D eigenvalue weighted by Crippen LogP contribution is -2.55. The molecule has 0 heterocycles. The van der Waals surface area contributed by atoms with Gasteiger partial charge in [0.05, 0.1) is 18.3 Å². The van der Waals surface area contributed by atoms with Crippen molar-refractivity contribution in [1.82, 2.24) is 0 Å². The maximum Gasteiger partial charge on any atom is 0.0658 e. The van der Waals surface area contributed by atoms with Crippen LogP contribution in [-0.2, 0) is 0 Å². The standard InChI is InChI=1S/C19H30O3/c1-18-8-7-15-13(14(18)5-6-16(18)21)4-3-11-9-12(20)10-17(22)19(11,15)2/h3,12-17,20-22H,4-10H2,1-2H3/t12-,13+,14+,15+,16+,17+,18+,19+/m1/s1. The first-order valence-corrected chi connectivity index (χ1v) is 9.11. The van der Waals surface area contributed by atoms with E-state index in [1.54, 1.807) is 0 Å². The Morgan fingerprint density at radius 2 is 1.77 bits per heavy atom. The Balaban J connectivity index is 1.71. The van der Waals surface area contributed by atoms with Crippen LogP contribution in [0.3, 0.4) is 0 Å². The van der Waals surface area contributed by atoms with Gasteiger partial charge in [-0.2, -0.15) is 0 Å². The summed E-state index contributed by atoms with van der Waals surface area (Å²) in [6.07, 6.45) is 7.96. The van der Waals surface area contributed by atoms with E-state index in [2.05, 4.69) is 19.9 Å². The zero-order chi connectivity index (χ0) is 15.7. The molecule has 4 aliphatic rings. The third-order valence-corrected chi connectivity index (χ3v) is 8.13. The van der Waals surface area contributed by atoms with Gasteiger partial charge in [0.15, 0.2) is 0 Å². The number of hydrogen-bond acceptors (Lipinski definition) is 3. The summed E-state index contributed by atoms with van der Waals surface area (Å²) in [5.74, 6) is 1.70. The monoisotopic (exact) mass is 306 g/mol. The van der Waals surface area contributed by atoms with Crippen molar-refractivity contribution in [3.05, 3.63) is 11.6 Å². The summed E-state index contributed by atoms with van der Waals surface area (Å²) >= 11 is 0. The second kappa shape index (κ2) is 4.81. The van der Waals surface area contributed by atoms with Gasteiger partial charge < -0.3 is 15.3 Å². The van der Waals surface area contributed by atoms with Crippen LogP contribution in [0.5, 0.6) is 0 Å². The number of hydrogen-bond donors (Lipinski definition) is 3. The van der Waals surface area contributed by atoms with Crippen LogP contribution in [0.2, 0.25) is 0 Å². The molecular weight excluding hydrogens is 276 g/mol. The van der Waals surface area contributed by atoms with Gasteiger partial charge in [0, 0.05) is 11.8 Å². The minimum atomic E-state index is -0.425. The molecule has 0 bridgehead atoms. The van der Waals surface area contributed by atoms with Crippen molar-refractivity contribution in [3.8, 4) is 0 Å². The molecule has 0 unspecified atom stereocenters. The van der Waals surface area contributed by atoms with Gasteiger partial charge in [0.25, 0.3) is 0 Å². The molecule has 3 N–H and O–H groups in total. The molecule has 0 aliphatic heterocycles. The maximum absolute atomic E-state index is 10.8. The number of fused-ring (bicyclic) bond motifs is 5. The Morgan fingerprint density at radius 3 is 2.55 bits per heavy atom. The van der Waals surface area contributed by atoms with E-state index in [9.17, 15) is 15.3 Å². The van der Waals surface area contributed by atoms with E-state index in [1.165, 1.54) is 5.57 Å². The molecule has 3 fully saturated rings. The normalized spacial score (nSPS) is 57.6. The molecule has 0 radical (unpaired) electrons. The third-order valence-electron chi connectivity index (χ3n) is 8.13. The quantitative estimate of drug-likeness (QED) is 0.603. The van der Waals surface area contributed by atoms with Crippen LogP contribution in [-0.4, -0.2) is 33.6 Å². The van der Waals surface area contributed by atoms with Crippen LogP contribution >= 0.6 is 0 Å². The number of aliphatic hydroxyl groups excluding tert-OH is 3. The van der Waals surface area contributed by atoms with Crippen molar-refractivity contribution in [2.75, 3.05) is 0 Å². The predicted octanol–water partition coefficient (Wildman–Crippen LogP) is 2.64. The van der Waals surface area contributed by atoms with Gasteiger partial charge >= 0.3 is 0 Å². The average Bonchev–Trinajstić information content (AvgIpc) is 2.77. The van der Waals surface area contributed by atoms with Crippen molar-refractivity contribution < 1.29 is 15.3 Å². The van der Waals surface area contributed by atoms with E-state index in [4.69, 9.17) is 0 Å². The zero-order valence-electron chi connectivity index (χ0n) is 13.8. The molecule has 4 rings (SSSR count). The SMILES string of the molecule is C[C@]12CC[C@H]3[C@@H](CC=C4C[C@@H](O)C[C@H](O)[C@@]43C)[C@@H]1CC[C@@H]2O. The van der Waals surface area contributed by atoms with Gasteiger partial charge in [-0.15, -0.1) is 0 Å². The second-order valence-electron chi connectivity index (χ2n) is 8.87. The fraction of sp³-hybridized carbons (Fsp3) is 0.895. The lowest BCUT2D eigenvalue weighted by atomic mass is 9.47. The molecule has 4 aliphatic carbocycles. The highest BCUT2D eigenvalue weighted by atomic mass is 16.3. The Kier molecular flexibility index (Phi) is 3.32. The molecule has 8 atom stereocenters. The van der Waals surface area contributed by atoms with Crippen LogP contribution in [0, 0.1) is 28.6 Å². The van der Waals surface area contributed by atoms with E-state index >= 15 is 0 Å². The fourth-order valence-corrected chi connectivity index (χ4v) is 6.67. The summed E-state index contributed by atoms with van der Waals surface area (Å²) in [4.78, 5) is 0. The number of aliphatic hydroxyl groups is 3. The zero-order valence-corrected chi connectivity index (χ0v) is 13.8. The van der Waals surface area contributed by atoms with E-state index < -0.39 is 6.10 Å². The first-order chi connectivity index (χ1) is 10.4. The van der Waals surface area contributed by atoms with Crippen molar-refractivity contribution in [2.45, 2.75) is 77.1 Å². The summed E-state index contributed by atoms with van der Waals surface area (Å²) in [6.45, 7) is 4.52. The largest absolute Gasteiger partial charge is 0.393 e. The number of allylic oxidation sites excluding steroid dienone is 1. The van der Waals surface area contributed by atoms with E-state index in [0.717, 1.165) is 38.5 Å². The highest BCUT2D eigenvalue weighted by Gasteiger charge is 2.60. The van der Waals surface area contributed by atoms with Gasteiger partial charge in [-0.05, 0) is 61.7 Å². The smallest absolute Gasteiger partial charge is 0.0658 e. The molecule has 124 valence electrons. The lowest BCUT2D eigenvalue weighted by Gasteiger charge is -2.58. The highest BCUT2D eigenvalue weighted by molar-refractivity contribution is 5.27. The second-order valence-corrected chi connectivity index (χ2v) is 8.87. The van der Waals surface area contributed by atoms with Gasteiger partial charge in [-0.1, -0.05) is 25.5 Å². The summed E-state index contributed by atoms with van der Waals surface area (Å²) in [5.41, 5.74) is 1.22. The van der Waals surface area contributed by atoms with E-state index in [0.29, 0.717) is 24.2 Å². The summed E-state index contributed by atoms with van der Waals surface area (Å²) in [6, 6.07) is 0. The summed E-state index contributed by atoms with van der Waals surface area (Å²) < 4.78 is 0. The first-order valence-electron chi connectivity index (χ1n) is 9.11. The predicted molar refractivity (Wildman–Crippen MR) is 85.1 cm³/mol. The van der Waals surface area contributed by atoms with E-state index in [1.807, 2.05) is 0 Å². The van der Waals surface area contributed by atoms with Crippen molar-refractivity contribution in [3.63, 3.8) is 0 Å². The van der Waals surface area contributed by atoms with Crippen LogP contribution in [0.1, 0.15) is 58.8 Å². The first kappa shape index (κ1) is 15.2. The summed E-state index contributed by atoms with van der Waals surface area (Å²) in [7, 11) is 0. The molecule has 0 aromatic heterocycles. The third kappa shape index (κ3) is 1.79. The van der Waals surface area contributed by atoms with E-state index in [-0.39, 0.29) is 23.0 Å². The Labute approximate surface area is 133 Å². The molecule has 3 saturated carbocycles. The molecule has 3 heteroatoms. The molecule has 0 spiro atoms. The van der Waals surface area contributed by atoms with Gasteiger partial charge in [0.1, 0.15) is 0 Å². The minimum absolute atomic E-state index is 0.0853. The maximum atomic E-state index is 10.8. The van der Waals surface area contributed by atoms with Crippen molar-refractivity contribution in [2.24, 2.45) is 28.6 Å². The Bertz CT molecular complexity index is 501. The molecule has 3 nitrogen and oxygen atoms in total. The van der Waals surface area contributed by atoms with Crippen LogP contribution in [0.25, 0.3) is 0 Å². The summed E-state index contributed by atoms with van der Waals surface area (Å²) in [5, 5.41) is 31.3. The fourth-order valence-electron chi connectivity index (χ4n) is 6.67. The van der Waals surface area contributed by atoms with Crippen molar-refractivity contribution in [1.29, 1.82) is 0 Å². The average molecular weight is 306 g/mol. The molecule has 22 heavy (non-hydrogen) atoms. The molecule has 0 saturated heterocycles. The Morgan fingerprint density at radius 1 is 1.00 bits per heavy atom. The van der Waals surface area contributed by atoms with Gasteiger partial charge in [-0.25, -0.2) is 0 Å². The van der Waals surface area contributed by atoms with Gasteiger partial charge in [-0.3, -0.25) is 0 Å². The lowest BCUT2D eigenvalue weighted by molar-refractivity contribution is -0.113. The molecule has 0 aromatic rings. The molecule has 0 aromatic carbocycles. The van der Waals surface area contributed by atoms with Crippen molar-refractivity contribution >= 4 is 0 Å². The minimum Gasteiger partial charge on any atom is -0.393 e. The number of rotatable bonds is 0. The van der Waals surface area contributed by atoms with Crippen LogP contribution in [0.4, 0.5) is 0 Å². The molecule has 0 amide bonds. The highest BCUT2D eigenvalue weighted by Crippen LogP contribution is 2.64.